The Hall–Kier alpha value is -3.12. The Morgan fingerprint density at radius 2 is 2.03 bits per heavy atom. The molecular formula is C24H29ClN6OS. The predicted molar refractivity (Wildman–Crippen MR) is 141 cm³/mol. The van der Waals surface area contributed by atoms with Crippen LogP contribution in [0.4, 0.5) is 5.82 Å². The minimum absolute atomic E-state index is 0.105. The van der Waals surface area contributed by atoms with E-state index in [2.05, 4.69) is 38.2 Å². The maximum Gasteiger partial charge on any atom is 0.184 e. The zero-order valence-corrected chi connectivity index (χ0v) is 20.2. The van der Waals surface area contributed by atoms with Crippen LogP contribution in [0.15, 0.2) is 63.2 Å². The number of nitrogens with one attached hydrogen (secondary N) is 1. The molecule has 1 saturated heterocycles. The van der Waals surface area contributed by atoms with Crippen molar-refractivity contribution in [3.8, 4) is 24.2 Å². The molecule has 33 heavy (non-hydrogen) atoms. The van der Waals surface area contributed by atoms with Gasteiger partial charge in [-0.25, -0.2) is 4.98 Å². The summed E-state index contributed by atoms with van der Waals surface area (Å²) in [6.45, 7) is 6.85. The smallest absolute Gasteiger partial charge is 0.184 e. The van der Waals surface area contributed by atoms with Crippen molar-refractivity contribution in [1.82, 2.24) is 15.3 Å². The quantitative estimate of drug-likeness (QED) is 0.193. The van der Waals surface area contributed by atoms with Gasteiger partial charge in [0, 0.05) is 49.5 Å². The van der Waals surface area contributed by atoms with Crippen LogP contribution in [0.2, 0.25) is 0 Å². The number of terminal acetylenes is 1. The van der Waals surface area contributed by atoms with Crippen LogP contribution in [-0.4, -0.2) is 53.9 Å². The van der Waals surface area contributed by atoms with Gasteiger partial charge in [-0.15, -0.1) is 12.8 Å². The maximum atomic E-state index is 6.24. The number of allylic oxidation sites excluding steroid dienone is 3. The summed E-state index contributed by atoms with van der Waals surface area (Å²) >= 11 is 10.9. The third kappa shape index (κ3) is 8.73. The highest BCUT2D eigenvalue weighted by Crippen LogP contribution is 2.23. The molecule has 0 spiro atoms. The molecule has 7 nitrogen and oxygen atoms in total. The second-order valence-corrected chi connectivity index (χ2v) is 7.98. The molecule has 0 amide bonds. The van der Waals surface area contributed by atoms with E-state index in [1.807, 2.05) is 55.6 Å². The van der Waals surface area contributed by atoms with E-state index in [-0.39, 0.29) is 5.11 Å². The second kappa shape index (κ2) is 14.1. The molecule has 0 radical (unpaired) electrons. The van der Waals surface area contributed by atoms with Gasteiger partial charge in [0.2, 0.25) is 0 Å². The number of aromatic nitrogens is 1. The van der Waals surface area contributed by atoms with Crippen molar-refractivity contribution in [1.29, 1.82) is 0 Å². The van der Waals surface area contributed by atoms with Crippen LogP contribution in [0, 0.1) is 12.8 Å². The molecule has 1 aliphatic rings. The number of thiocarbonyl (C=S) groups is 1. The van der Waals surface area contributed by atoms with E-state index in [1.54, 1.807) is 0 Å². The SMILES string of the molecule is C#C.C/C=C\C=C(\Cl)CCN1CCN(c2ccc(-c3ccc(/C=N/NC(N)=S)o3)cn2)CC1. The molecule has 0 unspecified atom stereocenters. The lowest BCUT2D eigenvalue weighted by Gasteiger charge is -2.35. The van der Waals surface area contributed by atoms with Crippen molar-refractivity contribution in [2.24, 2.45) is 10.8 Å². The van der Waals surface area contributed by atoms with Crippen LogP contribution in [0.3, 0.4) is 0 Å². The van der Waals surface area contributed by atoms with Crippen molar-refractivity contribution < 1.29 is 4.42 Å². The summed E-state index contributed by atoms with van der Waals surface area (Å²) < 4.78 is 5.77. The summed E-state index contributed by atoms with van der Waals surface area (Å²) in [6.07, 6.45) is 18.2. The Morgan fingerprint density at radius 1 is 1.27 bits per heavy atom. The molecule has 0 aliphatic carbocycles. The normalized spacial score (nSPS) is 14.9. The monoisotopic (exact) mass is 484 g/mol. The minimum atomic E-state index is 0.105. The maximum absolute atomic E-state index is 6.24. The number of halogens is 1. The number of nitrogens with zero attached hydrogens (tertiary/aromatic N) is 4. The molecule has 174 valence electrons. The number of pyridine rings is 1. The van der Waals surface area contributed by atoms with Gasteiger partial charge >= 0.3 is 0 Å². The van der Waals surface area contributed by atoms with E-state index < -0.39 is 0 Å². The van der Waals surface area contributed by atoms with Crippen molar-refractivity contribution in [2.75, 3.05) is 37.6 Å². The van der Waals surface area contributed by atoms with E-state index in [9.17, 15) is 0 Å². The second-order valence-electron chi connectivity index (χ2n) is 7.06. The first-order chi connectivity index (χ1) is 16.0. The first-order valence-corrected chi connectivity index (χ1v) is 11.3. The average Bonchev–Trinajstić information content (AvgIpc) is 3.32. The van der Waals surface area contributed by atoms with Gasteiger partial charge in [0.1, 0.15) is 17.3 Å². The Bertz CT molecular complexity index is 988. The molecule has 1 aliphatic heterocycles. The first-order valence-electron chi connectivity index (χ1n) is 10.5. The van der Waals surface area contributed by atoms with Gasteiger partial charge in [0.25, 0.3) is 0 Å². The van der Waals surface area contributed by atoms with Gasteiger partial charge in [0.05, 0.1) is 6.21 Å². The lowest BCUT2D eigenvalue weighted by atomic mass is 10.2. The lowest BCUT2D eigenvalue weighted by molar-refractivity contribution is 0.261. The molecule has 2 aromatic rings. The third-order valence-corrected chi connectivity index (χ3v) is 5.26. The van der Waals surface area contributed by atoms with E-state index in [4.69, 9.17) is 34.0 Å². The number of piperazine rings is 1. The molecule has 0 aromatic carbocycles. The molecule has 0 bridgehead atoms. The van der Waals surface area contributed by atoms with Gasteiger partial charge in [0.15, 0.2) is 5.11 Å². The van der Waals surface area contributed by atoms with E-state index in [0.29, 0.717) is 5.76 Å². The van der Waals surface area contributed by atoms with Gasteiger partial charge in [-0.05, 0) is 55.9 Å². The number of nitrogens with two attached hydrogens (primary N) is 1. The minimum Gasteiger partial charge on any atom is -0.455 e. The van der Waals surface area contributed by atoms with Crippen molar-refractivity contribution in [3.05, 3.63) is 59.5 Å². The molecule has 2 aromatic heterocycles. The first kappa shape index (κ1) is 26.1. The predicted octanol–water partition coefficient (Wildman–Crippen LogP) is 3.97. The number of hydrazone groups is 1. The van der Waals surface area contributed by atoms with Gasteiger partial charge in [-0.2, -0.15) is 5.10 Å². The topological polar surface area (TPSA) is 82.9 Å². The molecule has 0 atom stereocenters. The standard InChI is InChI=1S/C22H27ClN6OS.C2H2/c1-2-3-4-18(23)9-10-28-11-13-29(14-12-28)21-8-5-17(15-25-21)20-7-6-19(30-20)16-26-27-22(24)31;1-2/h2-8,15-16H,9-14H2,1H3,(H3,24,27,31);1-2H/b3-2-,18-4+,26-16+;. The van der Waals surface area contributed by atoms with E-state index in [1.165, 1.54) is 6.21 Å². The van der Waals surface area contributed by atoms with Gasteiger partial charge in [-0.1, -0.05) is 23.8 Å². The van der Waals surface area contributed by atoms with Gasteiger partial charge in [-0.3, -0.25) is 10.3 Å². The van der Waals surface area contributed by atoms with E-state index >= 15 is 0 Å². The van der Waals surface area contributed by atoms with Crippen LogP contribution in [-0.2, 0) is 0 Å². The summed E-state index contributed by atoms with van der Waals surface area (Å²) in [7, 11) is 0. The Balaban J connectivity index is 0.00000187. The summed E-state index contributed by atoms with van der Waals surface area (Å²) in [6, 6.07) is 7.76. The molecule has 3 heterocycles. The summed E-state index contributed by atoms with van der Waals surface area (Å²) in [5.41, 5.74) is 8.74. The molecule has 0 saturated carbocycles. The van der Waals surface area contributed by atoms with Crippen LogP contribution < -0.4 is 16.1 Å². The average molecular weight is 485 g/mol. The molecule has 3 rings (SSSR count). The zero-order chi connectivity index (χ0) is 24.1. The third-order valence-electron chi connectivity index (χ3n) is 4.86. The van der Waals surface area contributed by atoms with Crippen LogP contribution in [0.25, 0.3) is 11.3 Å². The summed E-state index contributed by atoms with van der Waals surface area (Å²) in [4.78, 5) is 9.38. The number of rotatable bonds is 8. The zero-order valence-electron chi connectivity index (χ0n) is 18.7. The molecular weight excluding hydrogens is 456 g/mol. The highest BCUT2D eigenvalue weighted by atomic mass is 35.5. The largest absolute Gasteiger partial charge is 0.455 e. The van der Waals surface area contributed by atoms with Crippen LogP contribution in [0.1, 0.15) is 19.1 Å². The Morgan fingerprint density at radius 3 is 2.67 bits per heavy atom. The fourth-order valence-electron chi connectivity index (χ4n) is 3.21. The van der Waals surface area contributed by atoms with Crippen LogP contribution >= 0.6 is 23.8 Å². The fourth-order valence-corrected chi connectivity index (χ4v) is 3.42. The number of furan rings is 1. The van der Waals surface area contributed by atoms with Gasteiger partial charge < -0.3 is 15.1 Å². The van der Waals surface area contributed by atoms with Crippen molar-refractivity contribution >= 4 is 41.0 Å². The number of hydrogen-bond acceptors (Lipinski definition) is 6. The highest BCUT2D eigenvalue weighted by molar-refractivity contribution is 7.80. The fraction of sp³-hybridized carbons (Fsp3) is 0.292. The van der Waals surface area contributed by atoms with Crippen LogP contribution in [0.5, 0.6) is 0 Å². The highest BCUT2D eigenvalue weighted by Gasteiger charge is 2.18. The summed E-state index contributed by atoms with van der Waals surface area (Å²) in [5, 5.41) is 4.89. The lowest BCUT2D eigenvalue weighted by Crippen LogP contribution is -2.46. The summed E-state index contributed by atoms with van der Waals surface area (Å²) in [5.74, 6) is 2.30. The van der Waals surface area contributed by atoms with E-state index in [0.717, 1.165) is 61.3 Å². The molecule has 9 heteroatoms. The molecule has 1 fully saturated rings. The van der Waals surface area contributed by atoms with Crippen molar-refractivity contribution in [2.45, 2.75) is 13.3 Å². The van der Waals surface area contributed by atoms with Crippen molar-refractivity contribution in [3.63, 3.8) is 0 Å². The number of hydrogen-bond donors (Lipinski definition) is 2. The Labute approximate surface area is 206 Å². The molecule has 3 N–H and O–H groups in total. The number of anilines is 1. The Kier molecular flexibility index (Phi) is 11.2.